The highest BCUT2D eigenvalue weighted by molar-refractivity contribution is 5.48. The van der Waals surface area contributed by atoms with Gasteiger partial charge in [-0.15, -0.1) is 0 Å². The Bertz CT molecular complexity index is 348. The number of rotatable bonds is 17. The Morgan fingerprint density at radius 3 is 1.84 bits per heavy atom. The zero-order valence-electron chi connectivity index (χ0n) is 17.4. The van der Waals surface area contributed by atoms with Crippen LogP contribution >= 0.6 is 0 Å². The molecule has 0 aromatic heterocycles. The molecule has 1 aliphatic heterocycles. The lowest BCUT2D eigenvalue weighted by Gasteiger charge is -2.28. The first-order valence-electron chi connectivity index (χ1n) is 11.3. The number of aliphatic imine (C=N–C) groups is 1. The topological polar surface area (TPSA) is 12.4 Å². The van der Waals surface area contributed by atoms with E-state index in [1.165, 1.54) is 110 Å². The molecule has 0 aliphatic carbocycles. The summed E-state index contributed by atoms with van der Waals surface area (Å²) in [5, 5.41) is 0. The Kier molecular flexibility index (Phi) is 14.0. The molecule has 1 heterocycles. The molecule has 0 radical (unpaired) electrons. The van der Waals surface area contributed by atoms with E-state index in [0.29, 0.717) is 0 Å². The zero-order chi connectivity index (χ0) is 18.1. The average molecular weight is 350 g/mol. The number of likely N-dealkylation sites (N-methyl/N-ethyl adjacent to an activating group) is 1. The zero-order valence-corrected chi connectivity index (χ0v) is 17.4. The van der Waals surface area contributed by atoms with Gasteiger partial charge in [-0.3, -0.25) is 4.48 Å². The Labute approximate surface area is 158 Å². The van der Waals surface area contributed by atoms with Crippen molar-refractivity contribution in [1.29, 1.82) is 0 Å². The molecule has 146 valence electrons. The molecule has 0 spiro atoms. The summed E-state index contributed by atoms with van der Waals surface area (Å²) in [4.78, 5) is 4.44. The third-order valence-corrected chi connectivity index (χ3v) is 5.75. The van der Waals surface area contributed by atoms with Crippen LogP contribution in [0, 0.1) is 0 Å². The van der Waals surface area contributed by atoms with Gasteiger partial charge in [0.2, 0.25) is 0 Å². The highest BCUT2D eigenvalue weighted by atomic mass is 15.4. The van der Waals surface area contributed by atoms with Gasteiger partial charge in [0, 0.05) is 0 Å². The van der Waals surface area contributed by atoms with Crippen molar-refractivity contribution in [3.8, 4) is 0 Å². The van der Waals surface area contributed by atoms with Crippen molar-refractivity contribution >= 4 is 6.34 Å². The molecule has 0 bridgehead atoms. The minimum atomic E-state index is 1.04. The molecule has 0 N–H and O–H groups in total. The smallest absolute Gasteiger partial charge is 0.185 e. The van der Waals surface area contributed by atoms with Crippen LogP contribution in [0.2, 0.25) is 0 Å². The summed E-state index contributed by atoms with van der Waals surface area (Å²) in [6, 6.07) is 0. The predicted octanol–water partition coefficient (Wildman–Crippen LogP) is 6.90. The minimum absolute atomic E-state index is 1.04. The number of allylic oxidation sites excluding steroid dienone is 2. The Hall–Kier alpha value is -0.630. The van der Waals surface area contributed by atoms with E-state index in [2.05, 4.69) is 37.3 Å². The second-order valence-electron chi connectivity index (χ2n) is 7.94. The maximum atomic E-state index is 4.44. The van der Waals surface area contributed by atoms with Crippen LogP contribution in [0.5, 0.6) is 0 Å². The predicted molar refractivity (Wildman–Crippen MR) is 113 cm³/mol. The van der Waals surface area contributed by atoms with Crippen LogP contribution in [0.4, 0.5) is 0 Å². The second kappa shape index (κ2) is 15.6. The van der Waals surface area contributed by atoms with Crippen LogP contribution < -0.4 is 0 Å². The van der Waals surface area contributed by atoms with E-state index in [-0.39, 0.29) is 0 Å². The first-order valence-corrected chi connectivity index (χ1v) is 11.3. The monoisotopic (exact) mass is 349 g/mol. The van der Waals surface area contributed by atoms with Crippen molar-refractivity contribution in [2.24, 2.45) is 4.99 Å². The number of nitrogens with zero attached hydrogens (tertiary/aromatic N) is 2. The third-order valence-electron chi connectivity index (χ3n) is 5.75. The minimum Gasteiger partial charge on any atom is -0.280 e. The summed E-state index contributed by atoms with van der Waals surface area (Å²) in [6.45, 7) is 9.39. The van der Waals surface area contributed by atoms with Gasteiger partial charge in [-0.05, 0) is 45.4 Å². The van der Waals surface area contributed by atoms with Gasteiger partial charge in [-0.25, -0.2) is 4.99 Å². The summed E-state index contributed by atoms with van der Waals surface area (Å²) < 4.78 is 1.14. The third kappa shape index (κ3) is 11.6. The van der Waals surface area contributed by atoms with Crippen molar-refractivity contribution in [2.75, 3.05) is 26.2 Å². The van der Waals surface area contributed by atoms with Gasteiger partial charge in [-0.1, -0.05) is 70.4 Å². The molecule has 0 fully saturated rings. The van der Waals surface area contributed by atoms with Crippen molar-refractivity contribution < 1.29 is 4.48 Å². The van der Waals surface area contributed by atoms with Crippen LogP contribution in [0.25, 0.3) is 0 Å². The van der Waals surface area contributed by atoms with E-state index in [1.54, 1.807) is 0 Å². The van der Waals surface area contributed by atoms with E-state index in [9.17, 15) is 0 Å². The van der Waals surface area contributed by atoms with E-state index < -0.39 is 0 Å². The molecule has 1 unspecified atom stereocenters. The summed E-state index contributed by atoms with van der Waals surface area (Å²) in [5.41, 5.74) is 0. The fourth-order valence-corrected chi connectivity index (χ4v) is 3.79. The lowest BCUT2D eigenvalue weighted by atomic mass is 10.1. The molecule has 0 saturated carbocycles. The number of hydrogen-bond donors (Lipinski definition) is 0. The summed E-state index contributed by atoms with van der Waals surface area (Å²) in [5.74, 6) is 0. The van der Waals surface area contributed by atoms with Crippen molar-refractivity contribution in [2.45, 2.75) is 104 Å². The molecule has 1 rings (SSSR count). The van der Waals surface area contributed by atoms with Gasteiger partial charge in [0.25, 0.3) is 0 Å². The summed E-state index contributed by atoms with van der Waals surface area (Å²) >= 11 is 0. The van der Waals surface area contributed by atoms with E-state index in [1.807, 2.05) is 0 Å². The fourth-order valence-electron chi connectivity index (χ4n) is 3.79. The van der Waals surface area contributed by atoms with Crippen molar-refractivity contribution in [3.05, 3.63) is 12.2 Å². The number of unbranched alkanes of at least 4 members (excludes halogenated alkanes) is 12. The molecule has 2 heteroatoms. The highest BCUT2D eigenvalue weighted by Gasteiger charge is 2.26. The van der Waals surface area contributed by atoms with Crippen LogP contribution in [-0.4, -0.2) is 37.0 Å². The maximum Gasteiger partial charge on any atom is 0.185 e. The van der Waals surface area contributed by atoms with E-state index in [0.717, 1.165) is 11.0 Å². The fraction of sp³-hybridized carbons (Fsp3) is 0.870. The van der Waals surface area contributed by atoms with E-state index in [4.69, 9.17) is 0 Å². The molecule has 0 aromatic rings. The molecule has 2 nitrogen and oxygen atoms in total. The Morgan fingerprint density at radius 2 is 1.32 bits per heavy atom. The van der Waals surface area contributed by atoms with Gasteiger partial charge in [-0.2, -0.15) is 0 Å². The van der Waals surface area contributed by atoms with Crippen LogP contribution in [0.3, 0.4) is 0 Å². The molecule has 25 heavy (non-hydrogen) atoms. The van der Waals surface area contributed by atoms with Gasteiger partial charge in [0.15, 0.2) is 6.34 Å². The normalized spacial score (nSPS) is 20.1. The first kappa shape index (κ1) is 22.4. The lowest BCUT2D eigenvalue weighted by Crippen LogP contribution is -2.45. The summed E-state index contributed by atoms with van der Waals surface area (Å²) in [7, 11) is 0. The molecule has 1 aliphatic rings. The van der Waals surface area contributed by atoms with Crippen LogP contribution in [-0.2, 0) is 0 Å². The van der Waals surface area contributed by atoms with Gasteiger partial charge >= 0.3 is 0 Å². The molecule has 0 amide bonds. The quantitative estimate of drug-likeness (QED) is 0.154. The molecule has 1 atom stereocenters. The number of hydrogen-bond acceptors (Lipinski definition) is 1. The standard InChI is InChI=1S/C23H45N2/c1-3-5-6-7-8-9-10-11-12-13-14-15-16-17-18-19-21-25(4-2)22-20-24-23-25/h11-12,23H,3-10,13-22H2,1-2H3/q+1/b12-11-. The van der Waals surface area contributed by atoms with Crippen molar-refractivity contribution in [3.63, 3.8) is 0 Å². The first-order chi connectivity index (χ1) is 12.3. The number of quaternary nitrogens is 1. The van der Waals surface area contributed by atoms with E-state index >= 15 is 0 Å². The molecule has 0 aromatic carbocycles. The van der Waals surface area contributed by atoms with Gasteiger partial charge < -0.3 is 0 Å². The maximum absolute atomic E-state index is 4.44. The second-order valence-corrected chi connectivity index (χ2v) is 7.94. The Balaban J connectivity index is 1.80. The van der Waals surface area contributed by atoms with Crippen LogP contribution in [0.1, 0.15) is 104 Å². The Morgan fingerprint density at radius 1 is 0.760 bits per heavy atom. The van der Waals surface area contributed by atoms with Gasteiger partial charge in [0.1, 0.15) is 6.54 Å². The lowest BCUT2D eigenvalue weighted by molar-refractivity contribution is -0.827. The largest absolute Gasteiger partial charge is 0.280 e. The molecule has 0 saturated heterocycles. The van der Waals surface area contributed by atoms with Crippen molar-refractivity contribution in [1.82, 2.24) is 0 Å². The van der Waals surface area contributed by atoms with Crippen LogP contribution in [0.15, 0.2) is 17.1 Å². The highest BCUT2D eigenvalue weighted by Crippen LogP contribution is 2.14. The SMILES string of the molecule is CCCCCCCC/C=C\CCCCCCCC[N+]1(CC)C=NCC1. The molecular formula is C23H45N2+. The molecular weight excluding hydrogens is 304 g/mol. The van der Waals surface area contributed by atoms with Gasteiger partial charge in [0.05, 0.1) is 19.6 Å². The average Bonchev–Trinajstić information content (AvgIpc) is 3.11. The summed E-state index contributed by atoms with van der Waals surface area (Å²) in [6.07, 6.45) is 26.5.